The predicted octanol–water partition coefficient (Wildman–Crippen LogP) is 5.39. The maximum absolute atomic E-state index is 13.0. The van der Waals surface area contributed by atoms with Crippen molar-refractivity contribution >= 4 is 57.4 Å². The molecule has 1 aliphatic carbocycles. The van der Waals surface area contributed by atoms with Crippen LogP contribution in [0.2, 0.25) is 10.0 Å². The van der Waals surface area contributed by atoms with E-state index < -0.39 is 0 Å². The number of aromatic nitrogens is 1. The lowest BCUT2D eigenvalue weighted by molar-refractivity contribution is -0.139. The summed E-state index contributed by atoms with van der Waals surface area (Å²) in [4.78, 5) is 30.4. The molecule has 0 bridgehead atoms. The van der Waals surface area contributed by atoms with Crippen LogP contribution in [0.1, 0.15) is 31.4 Å². The highest BCUT2D eigenvalue weighted by Gasteiger charge is 2.24. The monoisotopic (exact) mass is 441 g/mol. The molecule has 0 radical (unpaired) electrons. The molecular weight excluding hydrogens is 421 g/mol. The van der Waals surface area contributed by atoms with Crippen LogP contribution in [0.5, 0.6) is 0 Å². The lowest BCUT2D eigenvalue weighted by Crippen LogP contribution is -2.38. The summed E-state index contributed by atoms with van der Waals surface area (Å²) in [6.07, 6.45) is 4.65. The van der Waals surface area contributed by atoms with Crippen molar-refractivity contribution < 1.29 is 14.3 Å². The zero-order chi connectivity index (χ0) is 20.1. The van der Waals surface area contributed by atoms with Crippen LogP contribution >= 0.6 is 34.5 Å². The minimum atomic E-state index is -0.373. The number of esters is 1. The van der Waals surface area contributed by atoms with E-state index in [-0.39, 0.29) is 18.4 Å². The first-order valence-electron chi connectivity index (χ1n) is 9.01. The highest BCUT2D eigenvalue weighted by Crippen LogP contribution is 2.31. The molecule has 1 saturated carbocycles. The first-order valence-corrected chi connectivity index (χ1v) is 10.6. The van der Waals surface area contributed by atoms with Gasteiger partial charge in [-0.05, 0) is 37.0 Å². The quantitative estimate of drug-likeness (QED) is 0.609. The number of hydrogen-bond donors (Lipinski definition) is 1. The number of urea groups is 1. The number of ether oxygens (including phenoxy) is 1. The largest absolute Gasteiger partial charge is 0.469 e. The van der Waals surface area contributed by atoms with Gasteiger partial charge >= 0.3 is 12.0 Å². The fraction of sp³-hybridized carbons (Fsp3) is 0.421. The minimum absolute atomic E-state index is 0.0709. The van der Waals surface area contributed by atoms with Crippen LogP contribution in [0, 0.1) is 5.92 Å². The number of rotatable bonds is 6. The normalized spacial score (nSPS) is 14.1. The van der Waals surface area contributed by atoms with Crippen molar-refractivity contribution in [1.29, 1.82) is 0 Å². The third-order valence-electron chi connectivity index (χ3n) is 4.69. The molecule has 0 unspecified atom stereocenters. The van der Waals surface area contributed by atoms with E-state index >= 15 is 0 Å². The van der Waals surface area contributed by atoms with Crippen molar-refractivity contribution in [2.24, 2.45) is 5.92 Å². The van der Waals surface area contributed by atoms with Gasteiger partial charge in [-0.1, -0.05) is 36.0 Å². The van der Waals surface area contributed by atoms with E-state index in [1.165, 1.54) is 31.3 Å². The van der Waals surface area contributed by atoms with Gasteiger partial charge in [0.25, 0.3) is 0 Å². The fourth-order valence-electron chi connectivity index (χ4n) is 3.23. The topological polar surface area (TPSA) is 71.5 Å². The first kappa shape index (κ1) is 20.9. The van der Waals surface area contributed by atoms with Gasteiger partial charge in [0.05, 0.1) is 29.3 Å². The molecule has 1 aromatic carbocycles. The van der Waals surface area contributed by atoms with Crippen LogP contribution in [-0.2, 0) is 16.0 Å². The molecular formula is C19H21Cl2N3O3S. The number of halogens is 2. The van der Waals surface area contributed by atoms with E-state index in [0.29, 0.717) is 39.0 Å². The SMILES string of the molecule is COC(=O)Cc1csc(NC(=O)N(CC2CCCC2)c2ccc(Cl)c(Cl)c2)n1. The maximum atomic E-state index is 13.0. The number of nitrogens with zero attached hydrogens (tertiary/aromatic N) is 2. The molecule has 1 aliphatic rings. The second kappa shape index (κ2) is 9.58. The van der Waals surface area contributed by atoms with Gasteiger partial charge in [0, 0.05) is 17.6 Å². The summed E-state index contributed by atoms with van der Waals surface area (Å²) in [6, 6.07) is 4.88. The lowest BCUT2D eigenvalue weighted by Gasteiger charge is -2.26. The summed E-state index contributed by atoms with van der Waals surface area (Å²) in [5.74, 6) is 0.0771. The average molecular weight is 442 g/mol. The van der Waals surface area contributed by atoms with Gasteiger partial charge < -0.3 is 4.74 Å². The van der Waals surface area contributed by atoms with Crippen molar-refractivity contribution in [3.05, 3.63) is 39.3 Å². The van der Waals surface area contributed by atoms with Crippen molar-refractivity contribution in [3.63, 3.8) is 0 Å². The van der Waals surface area contributed by atoms with Crippen LogP contribution in [0.25, 0.3) is 0 Å². The Morgan fingerprint density at radius 2 is 2.04 bits per heavy atom. The highest BCUT2D eigenvalue weighted by atomic mass is 35.5. The molecule has 150 valence electrons. The number of benzene rings is 1. The molecule has 1 N–H and O–H groups in total. The highest BCUT2D eigenvalue weighted by molar-refractivity contribution is 7.14. The zero-order valence-corrected chi connectivity index (χ0v) is 17.7. The number of carbonyl (C=O) groups is 2. The van der Waals surface area contributed by atoms with Crippen LogP contribution < -0.4 is 10.2 Å². The smallest absolute Gasteiger partial charge is 0.328 e. The Kier molecular flexibility index (Phi) is 7.15. The Morgan fingerprint density at radius 1 is 1.29 bits per heavy atom. The van der Waals surface area contributed by atoms with Crippen LogP contribution in [0.4, 0.5) is 15.6 Å². The average Bonchev–Trinajstić information content (AvgIpc) is 3.34. The number of hydrogen-bond acceptors (Lipinski definition) is 5. The molecule has 9 heteroatoms. The number of methoxy groups -OCH3 is 1. The van der Waals surface area contributed by atoms with Crippen LogP contribution in [0.3, 0.4) is 0 Å². The molecule has 1 heterocycles. The van der Waals surface area contributed by atoms with Crippen molar-refractivity contribution in [2.75, 3.05) is 23.9 Å². The van der Waals surface area contributed by atoms with Crippen molar-refractivity contribution in [1.82, 2.24) is 4.98 Å². The van der Waals surface area contributed by atoms with E-state index in [1.807, 2.05) is 0 Å². The number of nitrogens with one attached hydrogen (secondary N) is 1. The summed E-state index contributed by atoms with van der Waals surface area (Å²) >= 11 is 13.5. The third-order valence-corrected chi connectivity index (χ3v) is 6.24. The molecule has 3 rings (SSSR count). The second-order valence-corrected chi connectivity index (χ2v) is 8.36. The molecule has 0 atom stereocenters. The predicted molar refractivity (Wildman–Crippen MR) is 113 cm³/mol. The van der Waals surface area contributed by atoms with E-state index in [1.54, 1.807) is 28.5 Å². The van der Waals surface area contributed by atoms with Crippen LogP contribution in [0.15, 0.2) is 23.6 Å². The Balaban J connectivity index is 1.75. The molecule has 0 aliphatic heterocycles. The van der Waals surface area contributed by atoms with Crippen LogP contribution in [-0.4, -0.2) is 30.6 Å². The molecule has 1 fully saturated rings. The molecule has 0 spiro atoms. The van der Waals surface area contributed by atoms with Gasteiger partial charge in [0.2, 0.25) is 0 Å². The van der Waals surface area contributed by atoms with E-state index in [2.05, 4.69) is 15.0 Å². The summed E-state index contributed by atoms with van der Waals surface area (Å²) in [5, 5.41) is 5.83. The number of thiazole rings is 1. The lowest BCUT2D eigenvalue weighted by atomic mass is 10.1. The molecule has 28 heavy (non-hydrogen) atoms. The molecule has 1 aromatic heterocycles. The van der Waals surface area contributed by atoms with Gasteiger partial charge in [-0.25, -0.2) is 9.78 Å². The number of amides is 2. The maximum Gasteiger partial charge on any atom is 0.328 e. The van der Waals surface area contributed by atoms with Gasteiger partial charge in [0.15, 0.2) is 5.13 Å². The van der Waals surface area contributed by atoms with Gasteiger partial charge in [-0.3, -0.25) is 15.0 Å². The Morgan fingerprint density at radius 3 is 2.71 bits per heavy atom. The number of anilines is 2. The Hall–Kier alpha value is -1.83. The van der Waals surface area contributed by atoms with Crippen molar-refractivity contribution in [3.8, 4) is 0 Å². The Bertz CT molecular complexity index is 853. The van der Waals surface area contributed by atoms with Gasteiger partial charge in [0.1, 0.15) is 0 Å². The summed E-state index contributed by atoms with van der Waals surface area (Å²) in [6.45, 7) is 0.601. The fourth-order valence-corrected chi connectivity index (χ4v) is 4.23. The minimum Gasteiger partial charge on any atom is -0.469 e. The van der Waals surface area contributed by atoms with Gasteiger partial charge in [-0.15, -0.1) is 11.3 Å². The zero-order valence-electron chi connectivity index (χ0n) is 15.4. The molecule has 0 saturated heterocycles. The second-order valence-electron chi connectivity index (χ2n) is 6.69. The summed E-state index contributed by atoms with van der Waals surface area (Å²) in [5.41, 5.74) is 1.24. The number of carbonyl (C=O) groups excluding carboxylic acids is 2. The summed E-state index contributed by atoms with van der Waals surface area (Å²) in [7, 11) is 1.33. The molecule has 2 aromatic rings. The van der Waals surface area contributed by atoms with Crippen molar-refractivity contribution in [2.45, 2.75) is 32.1 Å². The standard InChI is InChI=1S/C19H21Cl2N3O3S/c1-27-17(25)8-13-11-28-18(22-13)23-19(26)24(10-12-4-2-3-5-12)14-6-7-15(20)16(21)9-14/h6-7,9,11-12H,2-5,8,10H2,1H3,(H,22,23,26). The molecule has 2 amide bonds. The van der Waals surface area contributed by atoms with Gasteiger partial charge in [-0.2, -0.15) is 0 Å². The Labute approximate surface area is 177 Å². The van der Waals surface area contributed by atoms with E-state index in [9.17, 15) is 9.59 Å². The molecule has 6 nitrogen and oxygen atoms in total. The van der Waals surface area contributed by atoms with E-state index in [0.717, 1.165) is 12.8 Å². The third kappa shape index (κ3) is 5.37. The summed E-state index contributed by atoms with van der Waals surface area (Å²) < 4.78 is 4.64. The van der Waals surface area contributed by atoms with E-state index in [4.69, 9.17) is 23.2 Å². The first-order chi connectivity index (χ1) is 13.5.